The van der Waals surface area contributed by atoms with E-state index in [9.17, 15) is 9.59 Å². The molecule has 0 bridgehead atoms. The molecule has 0 radical (unpaired) electrons. The maximum absolute atomic E-state index is 11.3. The first-order valence-electron chi connectivity index (χ1n) is 3.84. The lowest BCUT2D eigenvalue weighted by Gasteiger charge is -2.16. The minimum Gasteiger partial charge on any atom is -0.465 e. The molecular formula is C8H12Cl2O3. The number of alkyl halides is 2. The molecule has 0 saturated heterocycles. The van der Waals surface area contributed by atoms with E-state index in [1.54, 1.807) is 6.92 Å². The average Bonchev–Trinajstić information content (AvgIpc) is 2.00. The minimum atomic E-state index is -1.31. The number of rotatable bonds is 4. The van der Waals surface area contributed by atoms with Gasteiger partial charge in [0, 0.05) is 0 Å². The van der Waals surface area contributed by atoms with E-state index in [1.807, 2.05) is 0 Å². The molecule has 0 heterocycles. The number of ketones is 1. The topological polar surface area (TPSA) is 43.4 Å². The van der Waals surface area contributed by atoms with Gasteiger partial charge >= 0.3 is 5.97 Å². The Kier molecular flexibility index (Phi) is 4.71. The van der Waals surface area contributed by atoms with Crippen molar-refractivity contribution in [1.82, 2.24) is 0 Å². The number of carbonyl (C=O) groups excluding carboxylic acids is 2. The van der Waals surface area contributed by atoms with Gasteiger partial charge < -0.3 is 4.74 Å². The summed E-state index contributed by atoms with van der Waals surface area (Å²) in [4.78, 5) is 21.2. The van der Waals surface area contributed by atoms with E-state index in [1.165, 1.54) is 13.8 Å². The van der Waals surface area contributed by atoms with Crippen molar-refractivity contribution in [2.24, 2.45) is 0 Å². The van der Waals surface area contributed by atoms with Gasteiger partial charge in [-0.3, -0.25) is 4.79 Å². The number of halogens is 2. The van der Waals surface area contributed by atoms with Crippen molar-refractivity contribution in [2.45, 2.75) is 31.0 Å². The minimum absolute atomic E-state index is 0.193. The van der Waals surface area contributed by atoms with Crippen molar-refractivity contribution in [2.75, 3.05) is 6.61 Å². The fourth-order valence-electron chi connectivity index (χ4n) is 0.624. The third kappa shape index (κ3) is 3.96. The monoisotopic (exact) mass is 226 g/mol. The zero-order valence-corrected chi connectivity index (χ0v) is 9.28. The summed E-state index contributed by atoms with van der Waals surface area (Å²) in [6, 6.07) is 0. The van der Waals surface area contributed by atoms with Gasteiger partial charge in [-0.25, -0.2) is 4.79 Å². The van der Waals surface area contributed by atoms with Gasteiger partial charge in [-0.2, -0.15) is 0 Å². The van der Waals surface area contributed by atoms with E-state index in [-0.39, 0.29) is 6.61 Å². The van der Waals surface area contributed by atoms with E-state index in [0.29, 0.717) is 0 Å². The highest BCUT2D eigenvalue weighted by Gasteiger charge is 2.35. The molecule has 0 saturated carbocycles. The van der Waals surface area contributed by atoms with Gasteiger partial charge in [0.15, 0.2) is 11.2 Å². The molecule has 0 amide bonds. The van der Waals surface area contributed by atoms with E-state index < -0.39 is 22.0 Å². The van der Waals surface area contributed by atoms with E-state index >= 15 is 0 Å². The molecule has 0 aromatic rings. The molecule has 0 rings (SSSR count). The van der Waals surface area contributed by atoms with E-state index in [4.69, 9.17) is 23.2 Å². The van der Waals surface area contributed by atoms with E-state index in [0.717, 1.165) is 0 Å². The summed E-state index contributed by atoms with van der Waals surface area (Å²) in [5.41, 5.74) is 0. The van der Waals surface area contributed by atoms with E-state index in [2.05, 4.69) is 4.74 Å². The molecule has 5 heteroatoms. The molecule has 0 spiro atoms. The van der Waals surface area contributed by atoms with Crippen LogP contribution in [0.1, 0.15) is 20.8 Å². The van der Waals surface area contributed by atoms with Crippen molar-refractivity contribution in [3.8, 4) is 0 Å². The molecule has 0 aliphatic heterocycles. The number of carbonyl (C=O) groups is 2. The Balaban J connectivity index is 4.35. The second-order valence-corrected chi connectivity index (χ2v) is 4.33. The molecule has 1 atom stereocenters. The third-order valence-corrected chi connectivity index (χ3v) is 1.87. The molecule has 1 unspecified atom stereocenters. The zero-order valence-electron chi connectivity index (χ0n) is 7.77. The van der Waals surface area contributed by atoms with Crippen LogP contribution in [0.2, 0.25) is 0 Å². The molecule has 76 valence electrons. The van der Waals surface area contributed by atoms with Crippen LogP contribution in [-0.4, -0.2) is 28.6 Å². The summed E-state index contributed by atoms with van der Waals surface area (Å²) >= 11 is 11.2. The fourth-order valence-corrected chi connectivity index (χ4v) is 1.12. The number of hydrogen-bond donors (Lipinski definition) is 0. The first kappa shape index (κ1) is 12.7. The smallest absolute Gasteiger partial charge is 0.331 e. The first-order valence-corrected chi connectivity index (χ1v) is 4.66. The van der Waals surface area contributed by atoms with Crippen molar-refractivity contribution < 1.29 is 14.3 Å². The SMILES string of the molecule is CCOC(=O)C(Cl)C(=O)C(C)(C)Cl. The summed E-state index contributed by atoms with van der Waals surface area (Å²) in [7, 11) is 0. The Labute approximate surface area is 87.3 Å². The van der Waals surface area contributed by atoms with Crippen molar-refractivity contribution in [3.05, 3.63) is 0 Å². The second kappa shape index (κ2) is 4.82. The number of esters is 1. The largest absolute Gasteiger partial charge is 0.465 e. The van der Waals surface area contributed by atoms with Gasteiger partial charge in [0.2, 0.25) is 0 Å². The van der Waals surface area contributed by atoms with Gasteiger partial charge in [-0.05, 0) is 20.8 Å². The van der Waals surface area contributed by atoms with Crippen molar-refractivity contribution in [1.29, 1.82) is 0 Å². The average molecular weight is 227 g/mol. The van der Waals surface area contributed by atoms with Crippen LogP contribution >= 0.6 is 23.2 Å². The molecule has 0 aromatic heterocycles. The number of hydrogen-bond acceptors (Lipinski definition) is 3. The number of Topliss-reactive ketones (excluding diaryl/α,β-unsaturated/α-hetero) is 1. The maximum atomic E-state index is 11.3. The summed E-state index contributed by atoms with van der Waals surface area (Å²) in [5, 5.41) is -1.31. The Bertz CT molecular complexity index is 208. The highest BCUT2D eigenvalue weighted by Crippen LogP contribution is 2.19. The van der Waals surface area contributed by atoms with Gasteiger partial charge in [0.05, 0.1) is 11.5 Å². The molecule has 0 N–H and O–H groups in total. The molecule has 0 aliphatic carbocycles. The fraction of sp³-hybridized carbons (Fsp3) is 0.750. The van der Waals surface area contributed by atoms with Gasteiger partial charge in [-0.15, -0.1) is 23.2 Å². The lowest BCUT2D eigenvalue weighted by atomic mass is 10.1. The standard InChI is InChI=1S/C8H12Cl2O3/c1-4-13-7(12)5(9)6(11)8(2,3)10/h5H,4H2,1-3H3. The first-order chi connectivity index (χ1) is 5.80. The van der Waals surface area contributed by atoms with Crippen LogP contribution in [0, 0.1) is 0 Å². The normalized spacial score (nSPS) is 13.6. The third-order valence-electron chi connectivity index (χ3n) is 1.31. The van der Waals surface area contributed by atoms with Crippen LogP contribution in [0.25, 0.3) is 0 Å². The van der Waals surface area contributed by atoms with Gasteiger partial charge in [-0.1, -0.05) is 0 Å². The maximum Gasteiger partial charge on any atom is 0.331 e. The van der Waals surface area contributed by atoms with Crippen LogP contribution in [0.3, 0.4) is 0 Å². The molecule has 3 nitrogen and oxygen atoms in total. The summed E-state index contributed by atoms with van der Waals surface area (Å²) in [6.07, 6.45) is 0. The van der Waals surface area contributed by atoms with Crippen LogP contribution in [0.4, 0.5) is 0 Å². The molecule has 0 fully saturated rings. The molecule has 13 heavy (non-hydrogen) atoms. The van der Waals surface area contributed by atoms with Crippen molar-refractivity contribution >= 4 is 35.0 Å². The molecule has 0 aromatic carbocycles. The van der Waals surface area contributed by atoms with Gasteiger partial charge in [0.25, 0.3) is 0 Å². The van der Waals surface area contributed by atoms with Crippen LogP contribution in [0.5, 0.6) is 0 Å². The van der Waals surface area contributed by atoms with Gasteiger partial charge in [0.1, 0.15) is 0 Å². The lowest BCUT2D eigenvalue weighted by molar-refractivity contribution is -0.145. The molecule has 0 aliphatic rings. The lowest BCUT2D eigenvalue weighted by Crippen LogP contribution is -2.38. The second-order valence-electron chi connectivity index (χ2n) is 2.95. The predicted molar refractivity (Wildman–Crippen MR) is 51.2 cm³/mol. The Morgan fingerprint density at radius 2 is 1.92 bits per heavy atom. The summed E-state index contributed by atoms with van der Waals surface area (Å²) in [6.45, 7) is 4.78. The summed E-state index contributed by atoms with van der Waals surface area (Å²) in [5.74, 6) is -1.29. The molecular weight excluding hydrogens is 215 g/mol. The Hall–Kier alpha value is -0.280. The number of ether oxygens (including phenoxy) is 1. The summed E-state index contributed by atoms with van der Waals surface area (Å²) < 4.78 is 4.57. The predicted octanol–water partition coefficient (Wildman–Crippen LogP) is 1.74. The van der Waals surface area contributed by atoms with Crippen LogP contribution in [-0.2, 0) is 14.3 Å². The Morgan fingerprint density at radius 1 is 1.46 bits per heavy atom. The zero-order chi connectivity index (χ0) is 10.6. The Morgan fingerprint density at radius 3 is 2.23 bits per heavy atom. The van der Waals surface area contributed by atoms with Crippen molar-refractivity contribution in [3.63, 3.8) is 0 Å². The highest BCUT2D eigenvalue weighted by molar-refractivity contribution is 6.48. The van der Waals surface area contributed by atoms with Crippen LogP contribution < -0.4 is 0 Å². The van der Waals surface area contributed by atoms with Crippen LogP contribution in [0.15, 0.2) is 0 Å². The quantitative estimate of drug-likeness (QED) is 0.417. The highest BCUT2D eigenvalue weighted by atomic mass is 35.5.